The number of benzene rings is 1. The van der Waals surface area contributed by atoms with E-state index in [1.165, 1.54) is 6.08 Å². The van der Waals surface area contributed by atoms with E-state index in [2.05, 4.69) is 5.92 Å². The molecule has 1 atom stereocenters. The Balaban J connectivity index is 2.55. The first-order chi connectivity index (χ1) is 8.24. The minimum atomic E-state index is -0.953. The van der Waals surface area contributed by atoms with E-state index in [4.69, 9.17) is 11.5 Å². The predicted molar refractivity (Wildman–Crippen MR) is 68.5 cm³/mol. The Morgan fingerprint density at radius 1 is 1.35 bits per heavy atom. The molecule has 0 radical (unpaired) electrons. The fourth-order valence-electron chi connectivity index (χ4n) is 1.42. The summed E-state index contributed by atoms with van der Waals surface area (Å²) in [5, 5.41) is 8.39. The van der Waals surface area contributed by atoms with E-state index in [9.17, 15) is 4.79 Å². The molecule has 0 spiro atoms. The SMILES string of the molecule is C#C[C@@H](C/C=C/C=C/C(=O)O)c1ccccc1. The summed E-state index contributed by atoms with van der Waals surface area (Å²) in [4.78, 5) is 10.2. The van der Waals surface area contributed by atoms with E-state index in [0.717, 1.165) is 11.6 Å². The Bertz CT molecular complexity index is 450. The van der Waals surface area contributed by atoms with Crippen molar-refractivity contribution in [1.82, 2.24) is 0 Å². The van der Waals surface area contributed by atoms with Gasteiger partial charge in [-0.1, -0.05) is 54.5 Å². The van der Waals surface area contributed by atoms with Crippen LogP contribution >= 0.6 is 0 Å². The van der Waals surface area contributed by atoms with Crippen LogP contribution in [0.25, 0.3) is 0 Å². The van der Waals surface area contributed by atoms with Crippen LogP contribution in [0.5, 0.6) is 0 Å². The number of allylic oxidation sites excluding steroid dienone is 3. The number of terminal acetylenes is 1. The zero-order valence-electron chi connectivity index (χ0n) is 9.41. The third-order valence-electron chi connectivity index (χ3n) is 2.26. The third kappa shape index (κ3) is 4.85. The van der Waals surface area contributed by atoms with Gasteiger partial charge in [0.2, 0.25) is 0 Å². The number of hydrogen-bond donors (Lipinski definition) is 1. The molecule has 0 aliphatic rings. The molecule has 0 amide bonds. The van der Waals surface area contributed by atoms with Gasteiger partial charge in [-0.3, -0.25) is 0 Å². The van der Waals surface area contributed by atoms with Crippen LogP contribution in [-0.2, 0) is 4.79 Å². The Hall–Kier alpha value is -2.27. The first kappa shape index (κ1) is 12.8. The standard InChI is InChI=1S/C15H14O2/c1-2-13(14-10-6-3-7-11-14)9-5-4-8-12-15(16)17/h1,3-8,10-13H,9H2,(H,16,17)/b5-4+,12-8+/t13-/m0/s1. The quantitative estimate of drug-likeness (QED) is 0.476. The van der Waals surface area contributed by atoms with Gasteiger partial charge in [0.1, 0.15) is 0 Å². The first-order valence-corrected chi connectivity index (χ1v) is 5.31. The molecule has 0 aliphatic heterocycles. The summed E-state index contributed by atoms with van der Waals surface area (Å²) in [5.74, 6) is 1.81. The summed E-state index contributed by atoms with van der Waals surface area (Å²) < 4.78 is 0. The van der Waals surface area contributed by atoms with Gasteiger partial charge in [0, 0.05) is 12.0 Å². The average Bonchev–Trinajstić information content (AvgIpc) is 2.34. The number of hydrogen-bond acceptors (Lipinski definition) is 1. The van der Waals surface area contributed by atoms with Crippen molar-refractivity contribution in [2.75, 3.05) is 0 Å². The zero-order chi connectivity index (χ0) is 12.5. The molecule has 0 saturated carbocycles. The van der Waals surface area contributed by atoms with Gasteiger partial charge in [0.05, 0.1) is 0 Å². The summed E-state index contributed by atoms with van der Waals surface area (Å²) in [7, 11) is 0. The number of aliphatic carboxylic acids is 1. The van der Waals surface area contributed by atoms with Gasteiger partial charge >= 0.3 is 5.97 Å². The van der Waals surface area contributed by atoms with Crippen molar-refractivity contribution < 1.29 is 9.90 Å². The molecule has 1 rings (SSSR count). The van der Waals surface area contributed by atoms with Crippen LogP contribution in [0.1, 0.15) is 17.9 Å². The van der Waals surface area contributed by atoms with E-state index < -0.39 is 5.97 Å². The largest absolute Gasteiger partial charge is 0.478 e. The highest BCUT2D eigenvalue weighted by atomic mass is 16.4. The lowest BCUT2D eigenvalue weighted by atomic mass is 9.96. The topological polar surface area (TPSA) is 37.3 Å². The summed E-state index contributed by atoms with van der Waals surface area (Å²) >= 11 is 0. The molecule has 1 aromatic carbocycles. The fraction of sp³-hybridized carbons (Fsp3) is 0.133. The van der Waals surface area contributed by atoms with Gasteiger partial charge in [-0.25, -0.2) is 4.79 Å². The lowest BCUT2D eigenvalue weighted by molar-refractivity contribution is -0.131. The van der Waals surface area contributed by atoms with Crippen molar-refractivity contribution in [3.05, 3.63) is 60.2 Å². The molecule has 2 nitrogen and oxygen atoms in total. The maximum atomic E-state index is 10.2. The number of carboxylic acid groups (broad SMARTS) is 1. The number of carbonyl (C=O) groups is 1. The molecule has 0 bridgehead atoms. The second-order valence-corrected chi connectivity index (χ2v) is 3.49. The number of carboxylic acids is 1. The maximum Gasteiger partial charge on any atom is 0.328 e. The zero-order valence-corrected chi connectivity index (χ0v) is 9.41. The van der Waals surface area contributed by atoms with Gasteiger partial charge in [-0.2, -0.15) is 0 Å². The van der Waals surface area contributed by atoms with Crippen molar-refractivity contribution >= 4 is 5.97 Å². The monoisotopic (exact) mass is 226 g/mol. The molecule has 2 heteroatoms. The van der Waals surface area contributed by atoms with Crippen molar-refractivity contribution in [2.45, 2.75) is 12.3 Å². The fourth-order valence-corrected chi connectivity index (χ4v) is 1.42. The lowest BCUT2D eigenvalue weighted by Gasteiger charge is -2.07. The lowest BCUT2D eigenvalue weighted by Crippen LogP contribution is -1.93. The summed E-state index contributed by atoms with van der Waals surface area (Å²) in [6.45, 7) is 0. The van der Waals surface area contributed by atoms with E-state index in [1.54, 1.807) is 6.08 Å². The molecule has 1 N–H and O–H groups in total. The summed E-state index contributed by atoms with van der Waals surface area (Å²) in [5.41, 5.74) is 1.10. The first-order valence-electron chi connectivity index (χ1n) is 5.31. The van der Waals surface area contributed by atoms with Crippen LogP contribution < -0.4 is 0 Å². The minimum absolute atomic E-state index is 0.0330. The predicted octanol–water partition coefficient (Wildman–Crippen LogP) is 2.99. The van der Waals surface area contributed by atoms with Gasteiger partial charge in [0.25, 0.3) is 0 Å². The van der Waals surface area contributed by atoms with Crippen LogP contribution in [0.15, 0.2) is 54.6 Å². The average molecular weight is 226 g/mol. The normalized spacial score (nSPS) is 12.6. The molecule has 0 fully saturated rings. The van der Waals surface area contributed by atoms with E-state index in [1.807, 2.05) is 36.4 Å². The van der Waals surface area contributed by atoms with E-state index in [-0.39, 0.29) is 5.92 Å². The van der Waals surface area contributed by atoms with Crippen molar-refractivity contribution in [3.63, 3.8) is 0 Å². The second kappa shape index (κ2) is 7.08. The van der Waals surface area contributed by atoms with Gasteiger partial charge in [-0.15, -0.1) is 6.42 Å². The van der Waals surface area contributed by atoms with Crippen molar-refractivity contribution in [1.29, 1.82) is 0 Å². The Morgan fingerprint density at radius 2 is 2.06 bits per heavy atom. The summed E-state index contributed by atoms with van der Waals surface area (Å²) in [6, 6.07) is 9.83. The van der Waals surface area contributed by atoms with Gasteiger partial charge in [0.15, 0.2) is 0 Å². The Morgan fingerprint density at radius 3 is 2.65 bits per heavy atom. The van der Waals surface area contributed by atoms with E-state index >= 15 is 0 Å². The molecule has 1 aromatic rings. The van der Waals surface area contributed by atoms with Crippen molar-refractivity contribution in [3.8, 4) is 12.3 Å². The van der Waals surface area contributed by atoms with Gasteiger partial charge < -0.3 is 5.11 Å². The molecule has 0 aliphatic carbocycles. The van der Waals surface area contributed by atoms with Crippen LogP contribution in [0.4, 0.5) is 0 Å². The smallest absolute Gasteiger partial charge is 0.328 e. The second-order valence-electron chi connectivity index (χ2n) is 3.49. The molecule has 0 unspecified atom stereocenters. The molecule has 0 aromatic heterocycles. The number of rotatable bonds is 5. The van der Waals surface area contributed by atoms with E-state index in [0.29, 0.717) is 6.42 Å². The highest BCUT2D eigenvalue weighted by Gasteiger charge is 2.04. The van der Waals surface area contributed by atoms with Crippen LogP contribution in [0.2, 0.25) is 0 Å². The Kier molecular flexibility index (Phi) is 5.33. The Labute approximate surface area is 101 Å². The highest BCUT2D eigenvalue weighted by molar-refractivity contribution is 5.80. The molecule has 0 saturated heterocycles. The van der Waals surface area contributed by atoms with Crippen molar-refractivity contribution in [2.24, 2.45) is 0 Å². The maximum absolute atomic E-state index is 10.2. The minimum Gasteiger partial charge on any atom is -0.478 e. The van der Waals surface area contributed by atoms with Crippen LogP contribution in [0, 0.1) is 12.3 Å². The summed E-state index contributed by atoms with van der Waals surface area (Å²) in [6.07, 6.45) is 12.3. The molecular formula is C15H14O2. The highest BCUT2D eigenvalue weighted by Crippen LogP contribution is 2.18. The van der Waals surface area contributed by atoms with Crippen LogP contribution in [-0.4, -0.2) is 11.1 Å². The van der Waals surface area contributed by atoms with Gasteiger partial charge in [-0.05, 0) is 12.0 Å². The molecular weight excluding hydrogens is 212 g/mol. The third-order valence-corrected chi connectivity index (χ3v) is 2.26. The molecule has 0 heterocycles. The van der Waals surface area contributed by atoms with Crippen LogP contribution in [0.3, 0.4) is 0 Å². The molecule has 17 heavy (non-hydrogen) atoms. The molecule has 86 valence electrons.